The number of ether oxygens (including phenoxy) is 8. The Bertz CT molecular complexity index is 1360. The van der Waals surface area contributed by atoms with Gasteiger partial charge >= 0.3 is 78.2 Å². The topological polar surface area (TPSA) is 193 Å². The lowest BCUT2D eigenvalue weighted by Crippen LogP contribution is -2.66. The molecule has 53 heavy (non-hydrogen) atoms. The number of carbonyl (C=O) groups excluding carboxylic acids is 7. The molecule has 4 aliphatic rings. The van der Waals surface area contributed by atoms with Crippen LogP contribution in [0.2, 0.25) is 0 Å². The molecular formula is C23H15F15O15. The average molecular weight is 816 g/mol. The number of alkyl halides is 15. The average Bonchev–Trinajstić information content (AvgIpc) is 2.94. The second-order valence-corrected chi connectivity index (χ2v) is 9.89. The minimum absolute atomic E-state index is 0.314. The van der Waals surface area contributed by atoms with Gasteiger partial charge in [-0.2, -0.15) is 39.5 Å². The molecule has 4 rings (SSSR count). The molecule has 0 bridgehead atoms. The monoisotopic (exact) mass is 816 g/mol. The van der Waals surface area contributed by atoms with E-state index in [1.165, 1.54) is 13.8 Å². The number of esters is 7. The molecule has 4 fully saturated rings. The van der Waals surface area contributed by atoms with Crippen LogP contribution in [0.3, 0.4) is 0 Å². The summed E-state index contributed by atoms with van der Waals surface area (Å²) >= 11 is 0. The molecule has 0 N–H and O–H groups in total. The molecule has 0 spiro atoms. The number of carbonyl (C=O) groups is 7. The van der Waals surface area contributed by atoms with Gasteiger partial charge in [0.15, 0.2) is 0 Å². The largest absolute Gasteiger partial charge is 0.588 e. The molecule has 30 heteroatoms. The van der Waals surface area contributed by atoms with E-state index in [9.17, 15) is 99.4 Å². The summed E-state index contributed by atoms with van der Waals surface area (Å²) in [7, 11) is 0. The van der Waals surface area contributed by atoms with Gasteiger partial charge in [-0.3, -0.25) is 0 Å². The lowest BCUT2D eigenvalue weighted by molar-refractivity contribution is -0.450. The van der Waals surface area contributed by atoms with E-state index in [2.05, 4.69) is 44.5 Å². The Morgan fingerprint density at radius 3 is 1.02 bits per heavy atom. The summed E-state index contributed by atoms with van der Waals surface area (Å²) in [4.78, 5) is 73.0. The highest BCUT2D eigenvalue weighted by atomic mass is 19.4. The summed E-state index contributed by atoms with van der Waals surface area (Å²) in [6.07, 6.45) is -32.5. The fourth-order valence-corrected chi connectivity index (χ4v) is 2.85. The van der Waals surface area contributed by atoms with E-state index in [-0.39, 0.29) is 0 Å². The first-order valence-corrected chi connectivity index (χ1v) is 12.6. The maximum absolute atomic E-state index is 12.4. The number of cyclic esters (lactones) is 7. The van der Waals surface area contributed by atoms with Crippen LogP contribution < -0.4 is 0 Å². The zero-order chi connectivity index (χ0) is 42.1. The zero-order valence-electron chi connectivity index (χ0n) is 25.3. The van der Waals surface area contributed by atoms with Crippen LogP contribution in [-0.4, -0.2) is 109 Å². The van der Waals surface area contributed by atoms with Crippen LogP contribution in [0.1, 0.15) is 20.8 Å². The fraction of sp³-hybridized carbons (Fsp3) is 0.609. The zero-order valence-corrected chi connectivity index (χ0v) is 25.3. The molecule has 4 heterocycles. The van der Waals surface area contributed by atoms with Crippen LogP contribution in [-0.2, 0) is 71.5 Å². The number of hydrogen-bond donors (Lipinski definition) is 0. The van der Waals surface area contributed by atoms with E-state index in [1.54, 1.807) is 0 Å². The van der Waals surface area contributed by atoms with Crippen LogP contribution in [0.15, 0.2) is 12.3 Å². The van der Waals surface area contributed by atoms with E-state index in [0.29, 0.717) is 6.92 Å². The maximum atomic E-state index is 12.4. The number of rotatable bonds is 0. The van der Waals surface area contributed by atoms with Crippen molar-refractivity contribution in [3.8, 4) is 0 Å². The molecule has 0 aromatic rings. The molecule has 0 aliphatic carbocycles. The molecule has 0 amide bonds. The first-order valence-electron chi connectivity index (χ1n) is 12.6. The highest BCUT2D eigenvalue weighted by Gasteiger charge is 2.81. The van der Waals surface area contributed by atoms with Gasteiger partial charge in [0.05, 0.1) is 0 Å². The molecule has 1 atom stereocenters. The summed E-state index contributed by atoms with van der Waals surface area (Å²) in [6.45, 7) is 5.79. The summed E-state index contributed by atoms with van der Waals surface area (Å²) in [5.41, 5.74) is 0. The maximum Gasteiger partial charge on any atom is 0.588 e. The Morgan fingerprint density at radius 2 is 0.736 bits per heavy atom. The third-order valence-electron chi connectivity index (χ3n) is 5.23. The highest BCUT2D eigenvalue weighted by Crippen LogP contribution is 2.48. The van der Waals surface area contributed by atoms with Crippen molar-refractivity contribution in [2.24, 2.45) is 0 Å². The van der Waals surface area contributed by atoms with Crippen molar-refractivity contribution < 1.29 is 137 Å². The molecule has 4 aliphatic heterocycles. The molecule has 4 saturated heterocycles. The first kappa shape index (κ1) is 45.8. The minimum Gasteiger partial charge on any atom is -0.420 e. The summed E-state index contributed by atoms with van der Waals surface area (Å²) < 4.78 is 211. The van der Waals surface area contributed by atoms with Crippen molar-refractivity contribution in [1.82, 2.24) is 0 Å². The molecule has 15 nitrogen and oxygen atoms in total. The molecular weight excluding hydrogens is 801 g/mol. The Kier molecular flexibility index (Phi) is 13.0. The Hall–Kier alpha value is -5.22. The van der Waals surface area contributed by atoms with Crippen molar-refractivity contribution in [2.45, 2.75) is 87.6 Å². The van der Waals surface area contributed by atoms with E-state index in [0.717, 1.165) is 0 Å². The van der Waals surface area contributed by atoms with Gasteiger partial charge in [0, 0.05) is 20.8 Å². The van der Waals surface area contributed by atoms with Crippen molar-refractivity contribution in [3.05, 3.63) is 12.3 Å². The second kappa shape index (κ2) is 15.0. The fourth-order valence-electron chi connectivity index (χ4n) is 2.85. The third kappa shape index (κ3) is 10.7. The van der Waals surface area contributed by atoms with Gasteiger partial charge in [0.1, 0.15) is 5.76 Å². The molecule has 0 aromatic carbocycles. The third-order valence-corrected chi connectivity index (χ3v) is 5.23. The first-order chi connectivity index (χ1) is 23.4. The van der Waals surface area contributed by atoms with Gasteiger partial charge in [-0.25, -0.2) is 51.1 Å². The van der Waals surface area contributed by atoms with Gasteiger partial charge in [-0.15, -0.1) is 8.78 Å². The number of halogens is 15. The predicted molar refractivity (Wildman–Crippen MR) is 121 cm³/mol. The van der Waals surface area contributed by atoms with E-state index in [1.807, 2.05) is 0 Å². The smallest absolute Gasteiger partial charge is 0.420 e. The van der Waals surface area contributed by atoms with Crippen molar-refractivity contribution in [2.75, 3.05) is 0 Å². The van der Waals surface area contributed by atoms with Crippen LogP contribution in [0, 0.1) is 0 Å². The molecule has 1 unspecified atom stereocenters. The Balaban J connectivity index is 0.000000359. The molecule has 0 aromatic heterocycles. The van der Waals surface area contributed by atoms with Crippen LogP contribution in [0.4, 0.5) is 65.9 Å². The van der Waals surface area contributed by atoms with Crippen molar-refractivity contribution in [3.63, 3.8) is 0 Å². The standard InChI is InChI=1S/C6HF7O4.C6H4F4O4.C6H7FO4.C5H3F3O3/c7-1-2(14)16-4(5(8,9)10,6(11,12)13)17-3(1)15;1-5(6(8,9)10)13-3(11)2(7)4(12)14-5;1-6(2)10-4(8)3(7)5(9)11-6;1-2-3(6)4(9)11-5(7,8)10-2/h1H;2H,1H3;3H,1-2H3;3H,1H2. The highest BCUT2D eigenvalue weighted by molar-refractivity contribution is 6.00. The number of hydrogen-bond acceptors (Lipinski definition) is 15. The van der Waals surface area contributed by atoms with E-state index < -0.39 is 114 Å². The van der Waals surface area contributed by atoms with Gasteiger partial charge in [0.25, 0.3) is 30.5 Å². The van der Waals surface area contributed by atoms with Crippen molar-refractivity contribution in [1.29, 1.82) is 0 Å². The quantitative estimate of drug-likeness (QED) is 0.150. The lowest BCUT2D eigenvalue weighted by Gasteiger charge is -2.37. The van der Waals surface area contributed by atoms with Crippen molar-refractivity contribution >= 4 is 41.8 Å². The van der Waals surface area contributed by atoms with Gasteiger partial charge in [0.2, 0.25) is 0 Å². The summed E-state index contributed by atoms with van der Waals surface area (Å²) in [6, 6.07) is 0. The second-order valence-electron chi connectivity index (χ2n) is 9.89. The molecule has 302 valence electrons. The predicted octanol–water partition coefficient (Wildman–Crippen LogP) is 3.07. The van der Waals surface area contributed by atoms with Crippen LogP contribution in [0.25, 0.3) is 0 Å². The summed E-state index contributed by atoms with van der Waals surface area (Å²) in [5.74, 6) is -24.2. The minimum atomic E-state index is -6.28. The Morgan fingerprint density at radius 1 is 0.453 bits per heavy atom. The van der Waals surface area contributed by atoms with E-state index >= 15 is 0 Å². The lowest BCUT2D eigenvalue weighted by atomic mass is 10.2. The summed E-state index contributed by atoms with van der Waals surface area (Å²) in [5, 5.41) is 0. The van der Waals surface area contributed by atoms with E-state index in [4.69, 9.17) is 0 Å². The molecule has 0 saturated carbocycles. The molecule has 0 radical (unpaired) electrons. The van der Waals surface area contributed by atoms with Gasteiger partial charge in [-0.05, 0) is 0 Å². The van der Waals surface area contributed by atoms with Gasteiger partial charge in [-0.1, -0.05) is 6.58 Å². The van der Waals surface area contributed by atoms with Crippen LogP contribution in [0.5, 0.6) is 0 Å². The normalized spacial score (nSPS) is 27.1. The SMILES string of the molecule is C=C1OC(F)(F)OC(=O)C1F.CC1(C(F)(F)F)OC(=O)C(F)C(=O)O1.CC1(C)OC(=O)C(F)C(=O)O1.O=C1OC(C(F)(F)F)(C(F)(F)F)OC(=O)C1F. The van der Waals surface area contributed by atoms with Gasteiger partial charge < -0.3 is 37.9 Å². The van der Waals surface area contributed by atoms with Crippen LogP contribution >= 0.6 is 0 Å². The Labute approximate surface area is 280 Å².